The van der Waals surface area contributed by atoms with E-state index in [-0.39, 0.29) is 0 Å². The van der Waals surface area contributed by atoms with Gasteiger partial charge in [-0.25, -0.2) is 4.79 Å². The SMILES string of the molecule is CCN(CC(O)c1ccc2[nH]c(=O)oc2c1)c1ccccc1. The highest BCUT2D eigenvalue weighted by Crippen LogP contribution is 2.22. The van der Waals surface area contributed by atoms with Crippen LogP contribution in [-0.4, -0.2) is 23.2 Å². The van der Waals surface area contributed by atoms with Crippen LogP contribution in [0.15, 0.2) is 57.7 Å². The predicted octanol–water partition coefficient (Wildman–Crippen LogP) is 2.68. The van der Waals surface area contributed by atoms with Crippen LogP contribution in [-0.2, 0) is 0 Å². The summed E-state index contributed by atoms with van der Waals surface area (Å²) < 4.78 is 5.04. The van der Waals surface area contributed by atoms with E-state index in [1.165, 1.54) is 0 Å². The van der Waals surface area contributed by atoms with Crippen molar-refractivity contribution in [2.24, 2.45) is 0 Å². The molecule has 2 N–H and O–H groups in total. The molecule has 1 heterocycles. The Balaban J connectivity index is 1.82. The molecule has 5 heteroatoms. The van der Waals surface area contributed by atoms with Gasteiger partial charge in [0.2, 0.25) is 0 Å². The predicted molar refractivity (Wildman–Crippen MR) is 86.1 cm³/mol. The minimum Gasteiger partial charge on any atom is -0.408 e. The molecular formula is C17H18N2O3. The lowest BCUT2D eigenvalue weighted by Crippen LogP contribution is -2.28. The van der Waals surface area contributed by atoms with Gasteiger partial charge in [-0.05, 0) is 36.8 Å². The molecule has 1 unspecified atom stereocenters. The van der Waals surface area contributed by atoms with Gasteiger partial charge in [0.25, 0.3) is 0 Å². The van der Waals surface area contributed by atoms with Gasteiger partial charge < -0.3 is 14.4 Å². The van der Waals surface area contributed by atoms with Gasteiger partial charge in [0, 0.05) is 18.8 Å². The number of aromatic nitrogens is 1. The van der Waals surface area contributed by atoms with Crippen molar-refractivity contribution < 1.29 is 9.52 Å². The number of H-pyrrole nitrogens is 1. The zero-order valence-corrected chi connectivity index (χ0v) is 12.3. The molecule has 1 atom stereocenters. The van der Waals surface area contributed by atoms with Crippen LogP contribution < -0.4 is 10.7 Å². The lowest BCUT2D eigenvalue weighted by molar-refractivity contribution is 0.183. The van der Waals surface area contributed by atoms with Crippen molar-refractivity contribution in [3.05, 3.63) is 64.6 Å². The molecule has 0 saturated heterocycles. The molecule has 0 radical (unpaired) electrons. The van der Waals surface area contributed by atoms with Crippen LogP contribution in [0, 0.1) is 0 Å². The van der Waals surface area contributed by atoms with E-state index in [4.69, 9.17) is 4.42 Å². The van der Waals surface area contributed by atoms with Crippen molar-refractivity contribution in [2.75, 3.05) is 18.0 Å². The second-order valence-electron chi connectivity index (χ2n) is 5.16. The Kier molecular flexibility index (Phi) is 3.98. The molecule has 0 saturated carbocycles. The summed E-state index contributed by atoms with van der Waals surface area (Å²) in [6.45, 7) is 3.32. The first-order valence-electron chi connectivity index (χ1n) is 7.28. The smallest absolute Gasteiger partial charge is 0.408 e. The van der Waals surface area contributed by atoms with Crippen LogP contribution in [0.2, 0.25) is 0 Å². The number of benzene rings is 2. The average molecular weight is 298 g/mol. The number of aliphatic hydroxyl groups excluding tert-OH is 1. The van der Waals surface area contributed by atoms with Crippen LogP contribution in [0.1, 0.15) is 18.6 Å². The molecule has 22 heavy (non-hydrogen) atoms. The topological polar surface area (TPSA) is 69.5 Å². The number of nitrogens with zero attached hydrogens (tertiary/aromatic N) is 1. The maximum absolute atomic E-state index is 11.2. The Labute approximate surface area is 127 Å². The van der Waals surface area contributed by atoms with E-state index in [2.05, 4.69) is 9.88 Å². The summed E-state index contributed by atoms with van der Waals surface area (Å²) in [5.74, 6) is -0.485. The lowest BCUT2D eigenvalue weighted by atomic mass is 10.1. The zero-order chi connectivity index (χ0) is 15.5. The number of nitrogens with one attached hydrogen (secondary N) is 1. The van der Waals surface area contributed by atoms with Crippen LogP contribution in [0.3, 0.4) is 0 Å². The van der Waals surface area contributed by atoms with E-state index in [0.717, 1.165) is 17.8 Å². The van der Waals surface area contributed by atoms with Crippen LogP contribution in [0.5, 0.6) is 0 Å². The van der Waals surface area contributed by atoms with E-state index in [0.29, 0.717) is 17.6 Å². The van der Waals surface area contributed by atoms with Crippen LogP contribution >= 0.6 is 0 Å². The minimum absolute atomic E-state index is 0.462. The van der Waals surface area contributed by atoms with E-state index >= 15 is 0 Å². The first-order valence-corrected chi connectivity index (χ1v) is 7.28. The third-order valence-electron chi connectivity index (χ3n) is 3.73. The third kappa shape index (κ3) is 2.89. The normalized spacial score (nSPS) is 12.5. The largest absolute Gasteiger partial charge is 0.417 e. The number of hydrogen-bond acceptors (Lipinski definition) is 4. The molecule has 2 aromatic carbocycles. The van der Waals surface area contributed by atoms with Gasteiger partial charge in [0.15, 0.2) is 5.58 Å². The Morgan fingerprint density at radius 2 is 2.00 bits per heavy atom. The highest BCUT2D eigenvalue weighted by Gasteiger charge is 2.14. The fourth-order valence-corrected chi connectivity index (χ4v) is 2.54. The Morgan fingerprint density at radius 3 is 2.73 bits per heavy atom. The highest BCUT2D eigenvalue weighted by molar-refractivity contribution is 5.72. The van der Waals surface area contributed by atoms with Gasteiger partial charge in [-0.15, -0.1) is 0 Å². The van der Waals surface area contributed by atoms with Crippen molar-refractivity contribution in [3.8, 4) is 0 Å². The third-order valence-corrected chi connectivity index (χ3v) is 3.73. The van der Waals surface area contributed by atoms with Gasteiger partial charge >= 0.3 is 5.76 Å². The zero-order valence-electron chi connectivity index (χ0n) is 12.3. The highest BCUT2D eigenvalue weighted by atomic mass is 16.4. The van der Waals surface area contributed by atoms with Gasteiger partial charge in [-0.1, -0.05) is 24.3 Å². The quantitative estimate of drug-likeness (QED) is 0.760. The number of aliphatic hydroxyl groups is 1. The second-order valence-corrected chi connectivity index (χ2v) is 5.16. The molecular weight excluding hydrogens is 280 g/mol. The minimum atomic E-state index is -0.662. The Bertz CT molecular complexity index is 807. The van der Waals surface area contributed by atoms with Crippen molar-refractivity contribution in [3.63, 3.8) is 0 Å². The number of anilines is 1. The maximum atomic E-state index is 11.2. The number of aromatic amines is 1. The monoisotopic (exact) mass is 298 g/mol. The average Bonchev–Trinajstić information content (AvgIpc) is 2.92. The standard InChI is InChI=1S/C17H18N2O3/c1-2-19(13-6-4-3-5-7-13)11-15(20)12-8-9-14-16(10-12)22-17(21)18-14/h3-10,15,20H,2,11H2,1H3,(H,18,21). The van der Waals surface area contributed by atoms with Gasteiger partial charge in [-0.2, -0.15) is 0 Å². The van der Waals surface area contributed by atoms with Crippen LogP contribution in [0.4, 0.5) is 5.69 Å². The summed E-state index contributed by atoms with van der Waals surface area (Å²) >= 11 is 0. The number of hydrogen-bond donors (Lipinski definition) is 2. The summed E-state index contributed by atoms with van der Waals surface area (Å²) in [6, 6.07) is 15.2. The summed E-state index contributed by atoms with van der Waals surface area (Å²) in [7, 11) is 0. The first kappa shape index (κ1) is 14.4. The van der Waals surface area contributed by atoms with Crippen molar-refractivity contribution >= 4 is 16.8 Å². The van der Waals surface area contributed by atoms with E-state index in [1.54, 1.807) is 18.2 Å². The number of para-hydroxylation sites is 1. The van der Waals surface area contributed by atoms with E-state index < -0.39 is 11.9 Å². The molecule has 0 spiro atoms. The summed E-state index contributed by atoms with van der Waals surface area (Å²) in [5.41, 5.74) is 2.89. The molecule has 3 aromatic rings. The number of likely N-dealkylation sites (N-methyl/N-ethyl adjacent to an activating group) is 1. The molecule has 0 bridgehead atoms. The molecule has 0 aliphatic carbocycles. The molecule has 0 aliphatic rings. The number of oxazole rings is 1. The Morgan fingerprint density at radius 1 is 1.23 bits per heavy atom. The van der Waals surface area contributed by atoms with E-state index in [9.17, 15) is 9.90 Å². The van der Waals surface area contributed by atoms with Gasteiger partial charge in [0.05, 0.1) is 11.6 Å². The summed E-state index contributed by atoms with van der Waals surface area (Å²) in [4.78, 5) is 15.9. The Hall–Kier alpha value is -2.53. The molecule has 0 fully saturated rings. The molecule has 3 rings (SSSR count). The summed E-state index contributed by atoms with van der Waals surface area (Å²) in [5, 5.41) is 10.5. The number of fused-ring (bicyclic) bond motifs is 1. The molecule has 114 valence electrons. The van der Waals surface area contributed by atoms with Gasteiger partial charge in [-0.3, -0.25) is 4.98 Å². The molecule has 0 aliphatic heterocycles. The van der Waals surface area contributed by atoms with Crippen LogP contribution in [0.25, 0.3) is 11.1 Å². The fraction of sp³-hybridized carbons (Fsp3) is 0.235. The summed E-state index contributed by atoms with van der Waals surface area (Å²) in [6.07, 6.45) is -0.662. The fourth-order valence-electron chi connectivity index (χ4n) is 2.54. The van der Waals surface area contributed by atoms with E-state index in [1.807, 2.05) is 37.3 Å². The number of rotatable bonds is 5. The molecule has 1 aromatic heterocycles. The first-order chi connectivity index (χ1) is 10.7. The van der Waals surface area contributed by atoms with Crippen molar-refractivity contribution in [1.82, 2.24) is 4.98 Å². The second kappa shape index (κ2) is 6.07. The molecule has 5 nitrogen and oxygen atoms in total. The lowest BCUT2D eigenvalue weighted by Gasteiger charge is -2.26. The maximum Gasteiger partial charge on any atom is 0.417 e. The van der Waals surface area contributed by atoms with Crippen molar-refractivity contribution in [1.29, 1.82) is 0 Å². The van der Waals surface area contributed by atoms with Gasteiger partial charge in [0.1, 0.15) is 0 Å². The van der Waals surface area contributed by atoms with Crippen molar-refractivity contribution in [2.45, 2.75) is 13.0 Å². The molecule has 0 amide bonds.